The van der Waals surface area contributed by atoms with Gasteiger partial charge in [-0.2, -0.15) is 12.6 Å². The first kappa shape index (κ1) is 24.5. The maximum atomic E-state index is 13.0. The number of aryl methyl sites for hydroxylation is 1. The van der Waals surface area contributed by atoms with Gasteiger partial charge in [-0.05, 0) is 30.4 Å². The van der Waals surface area contributed by atoms with E-state index < -0.39 is 29.2 Å². The number of amides is 2. The molecule has 0 aromatic heterocycles. The molecule has 166 valence electrons. The molecule has 2 aromatic carbocycles. The number of thiol groups is 1. The number of carboxylic acid groups (broad SMARTS) is 1. The average molecular weight is 443 g/mol. The van der Waals surface area contributed by atoms with Crippen LogP contribution in [0.1, 0.15) is 37.3 Å². The molecule has 0 heterocycles. The van der Waals surface area contributed by atoms with Crippen molar-refractivity contribution in [2.24, 2.45) is 0 Å². The molecular weight excluding hydrogens is 412 g/mol. The lowest BCUT2D eigenvalue weighted by Gasteiger charge is -2.23. The van der Waals surface area contributed by atoms with E-state index in [1.54, 1.807) is 0 Å². The van der Waals surface area contributed by atoms with Crippen LogP contribution in [0.3, 0.4) is 0 Å². The van der Waals surface area contributed by atoms with E-state index >= 15 is 0 Å². The van der Waals surface area contributed by atoms with E-state index in [0.717, 1.165) is 17.5 Å². The fourth-order valence-electron chi connectivity index (χ4n) is 3.22. The monoisotopic (exact) mass is 442 g/mol. The van der Waals surface area contributed by atoms with Gasteiger partial charge in [-0.3, -0.25) is 9.59 Å². The third kappa shape index (κ3) is 8.45. The van der Waals surface area contributed by atoms with E-state index in [2.05, 4.69) is 23.3 Å². The Balaban J connectivity index is 2.10. The molecule has 7 heteroatoms. The number of carbonyl (C=O) groups excluding carboxylic acids is 2. The van der Waals surface area contributed by atoms with Gasteiger partial charge < -0.3 is 15.7 Å². The van der Waals surface area contributed by atoms with Crippen LogP contribution in [0.5, 0.6) is 0 Å². The van der Waals surface area contributed by atoms with Crippen molar-refractivity contribution in [3.63, 3.8) is 0 Å². The summed E-state index contributed by atoms with van der Waals surface area (Å²) in [5.74, 6) is -1.96. The molecule has 31 heavy (non-hydrogen) atoms. The first-order chi connectivity index (χ1) is 14.9. The number of hydrogen-bond acceptors (Lipinski definition) is 4. The molecular formula is C24H30N2O4S. The molecule has 0 aliphatic heterocycles. The van der Waals surface area contributed by atoms with Gasteiger partial charge in [-0.25, -0.2) is 4.79 Å². The highest BCUT2D eigenvalue weighted by molar-refractivity contribution is 7.81. The summed E-state index contributed by atoms with van der Waals surface area (Å²) in [6, 6.07) is 16.8. The Morgan fingerprint density at radius 1 is 0.839 bits per heavy atom. The highest BCUT2D eigenvalue weighted by Crippen LogP contribution is 2.10. The van der Waals surface area contributed by atoms with Crippen molar-refractivity contribution in [3.05, 3.63) is 71.8 Å². The SMILES string of the molecule is CCC[C@H](S)C(=O)N[C@@H](CCc1ccccc1)C(=O)N[C@@H](Cc1ccccc1)C(=O)O. The summed E-state index contributed by atoms with van der Waals surface area (Å²) in [7, 11) is 0. The van der Waals surface area contributed by atoms with Crippen LogP contribution in [0.2, 0.25) is 0 Å². The molecule has 0 unspecified atom stereocenters. The molecule has 0 saturated carbocycles. The minimum absolute atomic E-state index is 0.159. The Labute approximate surface area is 188 Å². The van der Waals surface area contributed by atoms with Crippen LogP contribution >= 0.6 is 12.6 Å². The molecule has 2 rings (SSSR count). The second-order valence-corrected chi connectivity index (χ2v) is 8.10. The normalized spacial score (nSPS) is 13.6. The maximum Gasteiger partial charge on any atom is 0.326 e. The van der Waals surface area contributed by atoms with Crippen LogP contribution in [0.4, 0.5) is 0 Å². The van der Waals surface area contributed by atoms with Gasteiger partial charge in [-0.15, -0.1) is 0 Å². The Kier molecular flexibility index (Phi) is 10.1. The molecule has 0 bridgehead atoms. The van der Waals surface area contributed by atoms with Gasteiger partial charge in [0.25, 0.3) is 0 Å². The van der Waals surface area contributed by atoms with Crippen molar-refractivity contribution in [2.45, 2.75) is 56.4 Å². The van der Waals surface area contributed by atoms with Crippen molar-refractivity contribution in [2.75, 3.05) is 0 Å². The molecule has 0 saturated heterocycles. The summed E-state index contributed by atoms with van der Waals surface area (Å²) in [6.45, 7) is 1.96. The molecule has 0 radical (unpaired) electrons. The van der Waals surface area contributed by atoms with Gasteiger partial charge in [0.05, 0.1) is 5.25 Å². The van der Waals surface area contributed by atoms with Crippen molar-refractivity contribution < 1.29 is 19.5 Å². The van der Waals surface area contributed by atoms with Crippen LogP contribution in [-0.2, 0) is 27.2 Å². The van der Waals surface area contributed by atoms with Crippen molar-refractivity contribution >= 4 is 30.4 Å². The van der Waals surface area contributed by atoms with Crippen LogP contribution < -0.4 is 10.6 Å². The molecule has 0 fully saturated rings. The number of carbonyl (C=O) groups is 3. The van der Waals surface area contributed by atoms with Crippen molar-refractivity contribution in [1.29, 1.82) is 0 Å². The minimum atomic E-state index is -1.12. The first-order valence-corrected chi connectivity index (χ1v) is 11.0. The molecule has 2 aromatic rings. The lowest BCUT2D eigenvalue weighted by atomic mass is 10.0. The van der Waals surface area contributed by atoms with E-state index in [1.807, 2.05) is 67.6 Å². The Hall–Kier alpha value is -2.80. The predicted molar refractivity (Wildman–Crippen MR) is 124 cm³/mol. The average Bonchev–Trinajstić information content (AvgIpc) is 2.77. The molecule has 0 aliphatic carbocycles. The standard InChI is InChI=1S/C24H30N2O4S/c1-2-9-21(31)23(28)25-19(15-14-17-10-5-3-6-11-17)22(27)26-20(24(29)30)16-18-12-7-4-8-13-18/h3-8,10-13,19-21,31H,2,9,14-16H2,1H3,(H,25,28)(H,26,27)(H,29,30)/t19-,20-,21-/m0/s1. The zero-order valence-corrected chi connectivity index (χ0v) is 18.6. The number of aliphatic carboxylic acids is 1. The zero-order chi connectivity index (χ0) is 22.6. The molecule has 2 amide bonds. The fraction of sp³-hybridized carbons (Fsp3) is 0.375. The Morgan fingerprint density at radius 3 is 1.94 bits per heavy atom. The molecule has 3 atom stereocenters. The summed E-state index contributed by atoms with van der Waals surface area (Å²) in [5, 5.41) is 14.4. The predicted octanol–water partition coefficient (Wildman–Crippen LogP) is 3.01. The maximum absolute atomic E-state index is 13.0. The van der Waals surface area contributed by atoms with Crippen LogP contribution in [0.25, 0.3) is 0 Å². The summed E-state index contributed by atoms with van der Waals surface area (Å²) < 4.78 is 0. The molecule has 6 nitrogen and oxygen atoms in total. The Morgan fingerprint density at radius 2 is 1.39 bits per heavy atom. The second-order valence-electron chi connectivity index (χ2n) is 7.48. The smallest absolute Gasteiger partial charge is 0.326 e. The van der Waals surface area contributed by atoms with E-state index in [0.29, 0.717) is 19.3 Å². The molecule has 0 aliphatic rings. The van der Waals surface area contributed by atoms with Crippen LogP contribution in [0, 0.1) is 0 Å². The highest BCUT2D eigenvalue weighted by Gasteiger charge is 2.28. The highest BCUT2D eigenvalue weighted by atomic mass is 32.1. The lowest BCUT2D eigenvalue weighted by Crippen LogP contribution is -2.53. The van der Waals surface area contributed by atoms with Crippen molar-refractivity contribution in [1.82, 2.24) is 10.6 Å². The topological polar surface area (TPSA) is 95.5 Å². The van der Waals surface area contributed by atoms with E-state index in [9.17, 15) is 19.5 Å². The van der Waals surface area contributed by atoms with Gasteiger partial charge >= 0.3 is 5.97 Å². The molecule has 3 N–H and O–H groups in total. The van der Waals surface area contributed by atoms with Gasteiger partial charge in [0.15, 0.2) is 0 Å². The van der Waals surface area contributed by atoms with Gasteiger partial charge in [0.1, 0.15) is 12.1 Å². The number of benzene rings is 2. The quantitative estimate of drug-likeness (QED) is 0.380. The van der Waals surface area contributed by atoms with E-state index in [-0.39, 0.29) is 12.3 Å². The van der Waals surface area contributed by atoms with Crippen LogP contribution in [-0.4, -0.2) is 40.2 Å². The second kappa shape index (κ2) is 12.8. The van der Waals surface area contributed by atoms with Crippen molar-refractivity contribution in [3.8, 4) is 0 Å². The summed E-state index contributed by atoms with van der Waals surface area (Å²) >= 11 is 4.32. The fourth-order valence-corrected chi connectivity index (χ4v) is 3.55. The summed E-state index contributed by atoms with van der Waals surface area (Å²) in [6.07, 6.45) is 2.47. The number of carboxylic acids is 1. The third-order valence-corrected chi connectivity index (χ3v) is 5.45. The summed E-state index contributed by atoms with van der Waals surface area (Å²) in [4.78, 5) is 37.2. The zero-order valence-electron chi connectivity index (χ0n) is 17.7. The minimum Gasteiger partial charge on any atom is -0.480 e. The lowest BCUT2D eigenvalue weighted by molar-refractivity contribution is -0.142. The first-order valence-electron chi connectivity index (χ1n) is 10.5. The van der Waals surface area contributed by atoms with Gasteiger partial charge in [-0.1, -0.05) is 74.0 Å². The number of hydrogen-bond donors (Lipinski definition) is 4. The van der Waals surface area contributed by atoms with E-state index in [4.69, 9.17) is 0 Å². The third-order valence-electron chi connectivity index (χ3n) is 4.96. The number of nitrogens with one attached hydrogen (secondary N) is 2. The molecule has 0 spiro atoms. The van der Waals surface area contributed by atoms with Crippen LogP contribution in [0.15, 0.2) is 60.7 Å². The Bertz CT molecular complexity index is 845. The summed E-state index contributed by atoms with van der Waals surface area (Å²) in [5.41, 5.74) is 1.84. The van der Waals surface area contributed by atoms with E-state index in [1.165, 1.54) is 0 Å². The van der Waals surface area contributed by atoms with Gasteiger partial charge in [0, 0.05) is 6.42 Å². The van der Waals surface area contributed by atoms with Gasteiger partial charge in [0.2, 0.25) is 11.8 Å². The number of rotatable bonds is 12. The largest absolute Gasteiger partial charge is 0.480 e.